The number of anilines is 1. The van der Waals surface area contributed by atoms with E-state index in [1.807, 2.05) is 0 Å². The van der Waals surface area contributed by atoms with Crippen LogP contribution in [0.3, 0.4) is 0 Å². The second kappa shape index (κ2) is 8.04. The van der Waals surface area contributed by atoms with E-state index in [0.29, 0.717) is 16.1 Å². The predicted octanol–water partition coefficient (Wildman–Crippen LogP) is 5.80. The van der Waals surface area contributed by atoms with E-state index < -0.39 is 17.9 Å². The highest BCUT2D eigenvalue weighted by atomic mass is 79.9. The van der Waals surface area contributed by atoms with Gasteiger partial charge in [-0.2, -0.15) is 13.2 Å². The van der Waals surface area contributed by atoms with Crippen LogP contribution in [-0.4, -0.2) is 21.6 Å². The lowest BCUT2D eigenvalue weighted by Gasteiger charge is -2.11. The van der Waals surface area contributed by atoms with Crippen molar-refractivity contribution < 1.29 is 18.0 Å². The zero-order chi connectivity index (χ0) is 19.6. The number of para-hydroxylation sites is 1. The summed E-state index contributed by atoms with van der Waals surface area (Å²) in [4.78, 5) is 19.3. The molecule has 0 bridgehead atoms. The number of amides is 1. The number of nitrogens with zero attached hydrogens (tertiary/aromatic N) is 2. The Morgan fingerprint density at radius 3 is 2.63 bits per heavy atom. The summed E-state index contributed by atoms with van der Waals surface area (Å²) in [5.41, 5.74) is 0.577. The molecule has 2 aromatic carbocycles. The smallest absolute Gasteiger partial charge is 0.324 e. The lowest BCUT2D eigenvalue weighted by atomic mass is 10.2. The molecular formula is C17H10BrClF3N3OS. The highest BCUT2D eigenvalue weighted by Crippen LogP contribution is 2.32. The summed E-state index contributed by atoms with van der Waals surface area (Å²) in [5.74, 6) is -1.79. The lowest BCUT2D eigenvalue weighted by molar-refractivity contribution is -0.145. The number of thioether (sulfide) groups is 1. The third-order valence-corrected chi connectivity index (χ3v) is 5.16. The van der Waals surface area contributed by atoms with Crippen LogP contribution in [0, 0.1) is 0 Å². The number of fused-ring (bicyclic) bond motifs is 1. The summed E-state index contributed by atoms with van der Waals surface area (Å²) in [6, 6.07) is 11.3. The van der Waals surface area contributed by atoms with Crippen LogP contribution in [0.4, 0.5) is 18.9 Å². The summed E-state index contributed by atoms with van der Waals surface area (Å²) in [5, 5.41) is 3.50. The average Bonchev–Trinajstić information content (AvgIpc) is 2.61. The van der Waals surface area contributed by atoms with Gasteiger partial charge in [-0.15, -0.1) is 0 Å². The molecular weight excluding hydrogens is 467 g/mol. The standard InChI is InChI=1S/C17H10BrClF3N3OS/c18-9-5-6-13(11(19)7-9)23-14(26)8-27-15-10-3-1-2-4-12(10)24-16(25-15)17(20,21)22/h1-7H,8H2,(H,23,26). The van der Waals surface area contributed by atoms with Crippen molar-refractivity contribution in [1.29, 1.82) is 0 Å². The number of nitrogens with one attached hydrogen (secondary N) is 1. The SMILES string of the molecule is O=C(CSc1nc(C(F)(F)F)nc2ccccc12)Nc1ccc(Br)cc1Cl. The molecule has 0 radical (unpaired) electrons. The molecule has 4 nitrogen and oxygen atoms in total. The van der Waals surface area contributed by atoms with Crippen molar-refractivity contribution >= 4 is 61.8 Å². The molecule has 0 aliphatic heterocycles. The lowest BCUT2D eigenvalue weighted by Crippen LogP contribution is -2.15. The fourth-order valence-electron chi connectivity index (χ4n) is 2.20. The largest absolute Gasteiger partial charge is 0.451 e. The number of benzene rings is 2. The predicted molar refractivity (Wildman–Crippen MR) is 103 cm³/mol. The van der Waals surface area contributed by atoms with Gasteiger partial charge in [0.1, 0.15) is 5.03 Å². The highest BCUT2D eigenvalue weighted by molar-refractivity contribution is 9.10. The van der Waals surface area contributed by atoms with Crippen LogP contribution in [0.25, 0.3) is 10.9 Å². The number of carbonyl (C=O) groups excluding carboxylic acids is 1. The van der Waals surface area contributed by atoms with Crippen LogP contribution in [0.2, 0.25) is 5.02 Å². The molecule has 0 spiro atoms. The van der Waals surface area contributed by atoms with Gasteiger partial charge < -0.3 is 5.32 Å². The van der Waals surface area contributed by atoms with E-state index in [0.717, 1.165) is 16.2 Å². The second-order valence-electron chi connectivity index (χ2n) is 5.33. The molecule has 0 atom stereocenters. The Morgan fingerprint density at radius 2 is 1.93 bits per heavy atom. The Labute approximate surface area is 169 Å². The Hall–Kier alpha value is -1.84. The first-order chi connectivity index (χ1) is 12.7. The van der Waals surface area contributed by atoms with E-state index >= 15 is 0 Å². The summed E-state index contributed by atoms with van der Waals surface area (Å²) < 4.78 is 39.8. The molecule has 3 aromatic rings. The Morgan fingerprint density at radius 1 is 1.19 bits per heavy atom. The van der Waals surface area contributed by atoms with Gasteiger partial charge in [0.25, 0.3) is 0 Å². The molecule has 0 fully saturated rings. The molecule has 0 aliphatic carbocycles. The Bertz CT molecular complexity index is 1020. The van der Waals surface area contributed by atoms with Crippen molar-refractivity contribution in [3.05, 3.63) is 57.8 Å². The van der Waals surface area contributed by atoms with E-state index in [4.69, 9.17) is 11.6 Å². The molecule has 10 heteroatoms. The molecule has 3 rings (SSSR count). The van der Waals surface area contributed by atoms with Crippen LogP contribution < -0.4 is 5.32 Å². The van der Waals surface area contributed by atoms with Crippen LogP contribution in [-0.2, 0) is 11.0 Å². The van der Waals surface area contributed by atoms with Gasteiger partial charge >= 0.3 is 6.18 Å². The van der Waals surface area contributed by atoms with Crippen molar-refractivity contribution in [2.45, 2.75) is 11.2 Å². The second-order valence-corrected chi connectivity index (χ2v) is 7.62. The van der Waals surface area contributed by atoms with Gasteiger partial charge in [0.15, 0.2) is 0 Å². The third kappa shape index (κ3) is 4.91. The first kappa shape index (κ1) is 19.9. The molecule has 27 heavy (non-hydrogen) atoms. The number of hydrogen-bond acceptors (Lipinski definition) is 4. The monoisotopic (exact) mass is 475 g/mol. The molecule has 0 saturated carbocycles. The van der Waals surface area contributed by atoms with Gasteiger partial charge in [-0.25, -0.2) is 9.97 Å². The maximum absolute atomic E-state index is 13.0. The molecule has 140 valence electrons. The number of rotatable bonds is 4. The van der Waals surface area contributed by atoms with Crippen molar-refractivity contribution in [3.8, 4) is 0 Å². The van der Waals surface area contributed by atoms with E-state index in [1.165, 1.54) is 6.07 Å². The molecule has 0 saturated heterocycles. The van der Waals surface area contributed by atoms with Crippen molar-refractivity contribution in [3.63, 3.8) is 0 Å². The molecule has 0 aliphatic rings. The van der Waals surface area contributed by atoms with Gasteiger partial charge in [0.05, 0.1) is 22.0 Å². The van der Waals surface area contributed by atoms with Gasteiger partial charge in [0.2, 0.25) is 11.7 Å². The fraction of sp³-hybridized carbons (Fsp3) is 0.118. The van der Waals surface area contributed by atoms with E-state index in [1.54, 1.807) is 36.4 Å². The fourth-order valence-corrected chi connectivity index (χ4v) is 3.74. The number of carbonyl (C=O) groups is 1. The minimum atomic E-state index is -4.67. The normalized spacial score (nSPS) is 11.6. The zero-order valence-electron chi connectivity index (χ0n) is 13.3. The number of halogens is 5. The molecule has 1 aromatic heterocycles. The van der Waals surface area contributed by atoms with E-state index in [9.17, 15) is 18.0 Å². The van der Waals surface area contributed by atoms with Crippen molar-refractivity contribution in [2.24, 2.45) is 0 Å². The topological polar surface area (TPSA) is 54.9 Å². The maximum Gasteiger partial charge on any atom is 0.451 e. The van der Waals surface area contributed by atoms with Gasteiger partial charge in [-0.05, 0) is 24.3 Å². The first-order valence-corrected chi connectivity index (χ1v) is 9.61. The van der Waals surface area contributed by atoms with Gasteiger partial charge in [-0.3, -0.25) is 4.79 Å². The summed E-state index contributed by atoms with van der Waals surface area (Å²) >= 11 is 10.2. The molecule has 0 unspecified atom stereocenters. The van der Waals surface area contributed by atoms with Crippen LogP contribution in [0.5, 0.6) is 0 Å². The summed E-state index contributed by atoms with van der Waals surface area (Å²) in [6.07, 6.45) is -4.67. The summed E-state index contributed by atoms with van der Waals surface area (Å²) in [6.45, 7) is 0. The molecule has 1 amide bonds. The minimum absolute atomic E-state index is 0.0879. The quantitative estimate of drug-likeness (QED) is 0.382. The Kier molecular flexibility index (Phi) is 5.92. The summed E-state index contributed by atoms with van der Waals surface area (Å²) in [7, 11) is 0. The number of alkyl halides is 3. The Balaban J connectivity index is 1.80. The van der Waals surface area contributed by atoms with E-state index in [2.05, 4.69) is 31.2 Å². The third-order valence-electron chi connectivity index (χ3n) is 3.37. The van der Waals surface area contributed by atoms with Crippen LogP contribution in [0.1, 0.15) is 5.82 Å². The van der Waals surface area contributed by atoms with Crippen LogP contribution in [0.15, 0.2) is 52.0 Å². The van der Waals surface area contributed by atoms with E-state index in [-0.39, 0.29) is 16.3 Å². The van der Waals surface area contributed by atoms with Crippen LogP contribution >= 0.6 is 39.3 Å². The number of aromatic nitrogens is 2. The highest BCUT2D eigenvalue weighted by Gasteiger charge is 2.35. The van der Waals surface area contributed by atoms with Gasteiger partial charge in [-0.1, -0.05) is 57.5 Å². The number of hydrogen-bond donors (Lipinski definition) is 1. The molecule has 1 heterocycles. The average molecular weight is 477 g/mol. The van der Waals surface area contributed by atoms with Crippen molar-refractivity contribution in [2.75, 3.05) is 11.1 Å². The van der Waals surface area contributed by atoms with Crippen molar-refractivity contribution in [1.82, 2.24) is 9.97 Å². The maximum atomic E-state index is 13.0. The molecule has 1 N–H and O–H groups in total. The van der Waals surface area contributed by atoms with Gasteiger partial charge in [0, 0.05) is 9.86 Å². The minimum Gasteiger partial charge on any atom is -0.324 e. The zero-order valence-corrected chi connectivity index (χ0v) is 16.5. The first-order valence-electron chi connectivity index (χ1n) is 7.46.